The van der Waals surface area contributed by atoms with E-state index in [0.717, 1.165) is 18.4 Å². The van der Waals surface area contributed by atoms with E-state index in [2.05, 4.69) is 17.6 Å². The van der Waals surface area contributed by atoms with E-state index in [4.69, 9.17) is 0 Å². The number of amides is 2. The predicted molar refractivity (Wildman–Crippen MR) is 119 cm³/mol. The maximum atomic E-state index is 11.8. The molecule has 1 aromatic carbocycles. The van der Waals surface area contributed by atoms with Gasteiger partial charge in [0.1, 0.15) is 5.75 Å². The third kappa shape index (κ3) is 14.6. The molecular formula is C24H40N2O3. The standard InChI is InChI=1S/C24H40N2O3/c1-2-3-4-5-6-7-8-9-10-11-12-13-23(28)26-20-24(29)25-19-18-21-14-16-22(27)17-15-21/h14-17,27H,2-13,18-20H2,1H3,(H,25,29)(H,26,28). The van der Waals surface area contributed by atoms with Crippen molar-refractivity contribution in [1.29, 1.82) is 0 Å². The van der Waals surface area contributed by atoms with Crippen molar-refractivity contribution in [3.63, 3.8) is 0 Å². The summed E-state index contributed by atoms with van der Waals surface area (Å²) in [4.78, 5) is 23.6. The fraction of sp³-hybridized carbons (Fsp3) is 0.667. The molecule has 0 heterocycles. The highest BCUT2D eigenvalue weighted by molar-refractivity contribution is 5.84. The van der Waals surface area contributed by atoms with Crippen LogP contribution in [0.1, 0.15) is 89.5 Å². The topological polar surface area (TPSA) is 78.4 Å². The van der Waals surface area contributed by atoms with Crippen LogP contribution in [0, 0.1) is 0 Å². The predicted octanol–water partition coefficient (Wildman–Crippen LogP) is 4.87. The molecule has 5 nitrogen and oxygen atoms in total. The summed E-state index contributed by atoms with van der Waals surface area (Å²) in [6, 6.07) is 6.92. The molecule has 1 aromatic rings. The molecule has 2 amide bonds. The van der Waals surface area contributed by atoms with Crippen LogP contribution >= 0.6 is 0 Å². The van der Waals surface area contributed by atoms with Gasteiger partial charge in [0.25, 0.3) is 0 Å². The van der Waals surface area contributed by atoms with Crippen LogP contribution in [0.3, 0.4) is 0 Å². The Hall–Kier alpha value is -2.04. The lowest BCUT2D eigenvalue weighted by atomic mass is 10.1. The molecule has 5 heteroatoms. The van der Waals surface area contributed by atoms with E-state index in [9.17, 15) is 14.7 Å². The average Bonchev–Trinajstić information content (AvgIpc) is 2.72. The molecule has 0 fully saturated rings. The van der Waals surface area contributed by atoms with E-state index in [1.165, 1.54) is 57.8 Å². The van der Waals surface area contributed by atoms with E-state index in [1.807, 2.05) is 12.1 Å². The Morgan fingerprint density at radius 1 is 0.759 bits per heavy atom. The van der Waals surface area contributed by atoms with Crippen molar-refractivity contribution < 1.29 is 14.7 Å². The second kappa shape index (κ2) is 16.9. The van der Waals surface area contributed by atoms with Crippen LogP contribution in [0.2, 0.25) is 0 Å². The van der Waals surface area contributed by atoms with E-state index in [0.29, 0.717) is 19.4 Å². The van der Waals surface area contributed by atoms with E-state index in [-0.39, 0.29) is 24.1 Å². The van der Waals surface area contributed by atoms with Crippen LogP contribution in [-0.2, 0) is 16.0 Å². The Bertz CT molecular complexity index is 558. The van der Waals surface area contributed by atoms with E-state index >= 15 is 0 Å². The summed E-state index contributed by atoms with van der Waals surface area (Å²) in [5, 5.41) is 14.7. The molecule has 0 bridgehead atoms. The highest BCUT2D eigenvalue weighted by Gasteiger charge is 2.05. The zero-order chi connectivity index (χ0) is 21.2. The minimum Gasteiger partial charge on any atom is -0.508 e. The number of rotatable bonds is 17. The normalized spacial score (nSPS) is 10.7. The van der Waals surface area contributed by atoms with Crippen LogP contribution < -0.4 is 10.6 Å². The smallest absolute Gasteiger partial charge is 0.239 e. The molecule has 0 aliphatic heterocycles. The molecule has 1 rings (SSSR count). The van der Waals surface area contributed by atoms with Crippen molar-refractivity contribution in [3.05, 3.63) is 29.8 Å². The van der Waals surface area contributed by atoms with Crippen molar-refractivity contribution in [2.24, 2.45) is 0 Å². The summed E-state index contributed by atoms with van der Waals surface area (Å²) in [7, 11) is 0. The number of hydrogen-bond donors (Lipinski definition) is 3. The fourth-order valence-electron chi connectivity index (χ4n) is 3.29. The van der Waals surface area contributed by atoms with Gasteiger partial charge >= 0.3 is 0 Å². The third-order valence-electron chi connectivity index (χ3n) is 5.13. The van der Waals surface area contributed by atoms with Gasteiger partial charge in [-0.05, 0) is 30.5 Å². The second-order valence-corrected chi connectivity index (χ2v) is 7.83. The number of benzene rings is 1. The molecule has 3 N–H and O–H groups in total. The maximum absolute atomic E-state index is 11.8. The van der Waals surface area contributed by atoms with Gasteiger partial charge in [-0.25, -0.2) is 0 Å². The molecule has 0 unspecified atom stereocenters. The number of phenolic OH excluding ortho intramolecular Hbond substituents is 1. The fourth-order valence-corrected chi connectivity index (χ4v) is 3.29. The van der Waals surface area contributed by atoms with Crippen LogP contribution in [-0.4, -0.2) is 30.0 Å². The first-order valence-electron chi connectivity index (χ1n) is 11.4. The average molecular weight is 405 g/mol. The van der Waals surface area contributed by atoms with Gasteiger partial charge in [-0.3, -0.25) is 9.59 Å². The zero-order valence-corrected chi connectivity index (χ0v) is 18.2. The molecule has 0 spiro atoms. The number of carbonyl (C=O) groups is 2. The largest absolute Gasteiger partial charge is 0.508 e. The molecule has 0 saturated carbocycles. The summed E-state index contributed by atoms with van der Waals surface area (Å²) < 4.78 is 0. The molecule has 29 heavy (non-hydrogen) atoms. The summed E-state index contributed by atoms with van der Waals surface area (Å²) in [5.41, 5.74) is 1.05. The minimum absolute atomic E-state index is 0.0342. The summed E-state index contributed by atoms with van der Waals surface area (Å²) in [6.45, 7) is 2.79. The van der Waals surface area contributed by atoms with Gasteiger partial charge in [-0.2, -0.15) is 0 Å². The molecule has 0 aliphatic carbocycles. The van der Waals surface area contributed by atoms with Gasteiger partial charge < -0.3 is 15.7 Å². The monoisotopic (exact) mass is 404 g/mol. The van der Waals surface area contributed by atoms with Crippen LogP contribution in [0.15, 0.2) is 24.3 Å². The summed E-state index contributed by atoms with van der Waals surface area (Å²) in [6.07, 6.45) is 15.1. The Morgan fingerprint density at radius 2 is 1.31 bits per heavy atom. The van der Waals surface area contributed by atoms with Crippen molar-refractivity contribution in [2.75, 3.05) is 13.1 Å². The third-order valence-corrected chi connectivity index (χ3v) is 5.13. The molecule has 0 saturated heterocycles. The van der Waals surface area contributed by atoms with Gasteiger partial charge in [-0.15, -0.1) is 0 Å². The molecule has 0 atom stereocenters. The van der Waals surface area contributed by atoms with E-state index in [1.54, 1.807) is 12.1 Å². The number of nitrogens with one attached hydrogen (secondary N) is 2. The second-order valence-electron chi connectivity index (χ2n) is 7.83. The van der Waals surface area contributed by atoms with Gasteiger partial charge in [0.05, 0.1) is 6.54 Å². The first-order chi connectivity index (χ1) is 14.1. The number of carbonyl (C=O) groups excluding carboxylic acids is 2. The van der Waals surface area contributed by atoms with Gasteiger partial charge in [0, 0.05) is 13.0 Å². The van der Waals surface area contributed by atoms with Crippen molar-refractivity contribution in [3.8, 4) is 5.75 Å². The lowest BCUT2D eigenvalue weighted by Gasteiger charge is -2.07. The first kappa shape index (κ1) is 25.0. The van der Waals surface area contributed by atoms with Gasteiger partial charge in [0.15, 0.2) is 0 Å². The summed E-state index contributed by atoms with van der Waals surface area (Å²) >= 11 is 0. The Labute approximate surface area is 176 Å². The molecular weight excluding hydrogens is 364 g/mol. The summed E-state index contributed by atoms with van der Waals surface area (Å²) in [5.74, 6) is 0.0176. The Morgan fingerprint density at radius 3 is 1.90 bits per heavy atom. The molecule has 164 valence electrons. The zero-order valence-electron chi connectivity index (χ0n) is 18.2. The van der Waals surface area contributed by atoms with Crippen LogP contribution in [0.4, 0.5) is 0 Å². The van der Waals surface area contributed by atoms with E-state index < -0.39 is 0 Å². The number of aromatic hydroxyl groups is 1. The van der Waals surface area contributed by atoms with Gasteiger partial charge in [0.2, 0.25) is 11.8 Å². The quantitative estimate of drug-likeness (QED) is 0.324. The molecule has 0 aromatic heterocycles. The number of hydrogen-bond acceptors (Lipinski definition) is 3. The maximum Gasteiger partial charge on any atom is 0.239 e. The molecule has 0 aliphatic rings. The number of unbranched alkanes of at least 4 members (excludes halogenated alkanes) is 10. The van der Waals surface area contributed by atoms with Crippen molar-refractivity contribution in [2.45, 2.75) is 90.4 Å². The lowest BCUT2D eigenvalue weighted by molar-refractivity contribution is -0.126. The molecule has 0 radical (unpaired) electrons. The Kier molecular flexibility index (Phi) is 14.5. The van der Waals surface area contributed by atoms with Crippen molar-refractivity contribution >= 4 is 11.8 Å². The van der Waals surface area contributed by atoms with Gasteiger partial charge in [-0.1, -0.05) is 83.3 Å². The van der Waals surface area contributed by atoms with Crippen molar-refractivity contribution in [1.82, 2.24) is 10.6 Å². The lowest BCUT2D eigenvalue weighted by Crippen LogP contribution is -2.37. The first-order valence-corrected chi connectivity index (χ1v) is 11.4. The number of phenols is 1. The SMILES string of the molecule is CCCCCCCCCCCCCC(=O)NCC(=O)NCCc1ccc(O)cc1. The van der Waals surface area contributed by atoms with Crippen LogP contribution in [0.25, 0.3) is 0 Å². The minimum atomic E-state index is -0.170. The Balaban J connectivity index is 1.90. The van der Waals surface area contributed by atoms with Crippen LogP contribution in [0.5, 0.6) is 5.75 Å². The highest BCUT2D eigenvalue weighted by Crippen LogP contribution is 2.12. The highest BCUT2D eigenvalue weighted by atomic mass is 16.3.